The van der Waals surface area contributed by atoms with Gasteiger partial charge < -0.3 is 15.3 Å². The fourth-order valence-electron chi connectivity index (χ4n) is 2.44. The van der Waals surface area contributed by atoms with Gasteiger partial charge in [-0.05, 0) is 25.0 Å². The van der Waals surface area contributed by atoms with E-state index in [0.29, 0.717) is 25.9 Å². The summed E-state index contributed by atoms with van der Waals surface area (Å²) < 4.78 is 0. The van der Waals surface area contributed by atoms with Gasteiger partial charge >= 0.3 is 0 Å². The Hall–Kier alpha value is -2.11. The van der Waals surface area contributed by atoms with Crippen LogP contribution in [0.3, 0.4) is 0 Å². The van der Waals surface area contributed by atoms with Gasteiger partial charge in [-0.15, -0.1) is 0 Å². The number of aromatic nitrogens is 1. The summed E-state index contributed by atoms with van der Waals surface area (Å²) in [4.78, 5) is 29.8. The van der Waals surface area contributed by atoms with Gasteiger partial charge in [0.1, 0.15) is 0 Å². The third kappa shape index (κ3) is 3.71. The van der Waals surface area contributed by atoms with E-state index in [-0.39, 0.29) is 35.2 Å². The molecule has 2 rings (SSSR count). The zero-order valence-corrected chi connectivity index (χ0v) is 12.4. The molecule has 114 valence electrons. The fraction of sp³-hybridized carbons (Fsp3) is 0.533. The summed E-state index contributed by atoms with van der Waals surface area (Å²) in [5, 5.41) is 12.2. The van der Waals surface area contributed by atoms with Crippen LogP contribution in [-0.2, 0) is 9.59 Å². The molecule has 1 aliphatic rings. The largest absolute Gasteiger partial charge is 0.504 e. The number of hydrogen-bond donors (Lipinski definition) is 2. The van der Waals surface area contributed by atoms with Crippen LogP contribution in [0.5, 0.6) is 5.75 Å². The lowest BCUT2D eigenvalue weighted by molar-refractivity contribution is -0.137. The fourth-order valence-corrected chi connectivity index (χ4v) is 2.44. The van der Waals surface area contributed by atoms with Gasteiger partial charge in [0.25, 0.3) is 0 Å². The predicted octanol–water partition coefficient (Wildman–Crippen LogP) is 1.62. The van der Waals surface area contributed by atoms with E-state index in [1.165, 1.54) is 12.3 Å². The third-order valence-electron chi connectivity index (χ3n) is 3.70. The van der Waals surface area contributed by atoms with Gasteiger partial charge in [0.15, 0.2) is 11.6 Å². The van der Waals surface area contributed by atoms with E-state index in [0.717, 1.165) is 0 Å². The van der Waals surface area contributed by atoms with Crippen LogP contribution in [0.1, 0.15) is 26.7 Å². The summed E-state index contributed by atoms with van der Waals surface area (Å²) in [6, 6.07) is 3.08. The molecule has 0 bridgehead atoms. The molecular weight excluding hydrogens is 270 g/mol. The molecule has 0 spiro atoms. The van der Waals surface area contributed by atoms with E-state index < -0.39 is 0 Å². The monoisotopic (exact) mass is 291 g/mol. The summed E-state index contributed by atoms with van der Waals surface area (Å²) in [5.41, 5.74) is 0. The van der Waals surface area contributed by atoms with Gasteiger partial charge in [0.05, 0.1) is 0 Å². The van der Waals surface area contributed by atoms with Crippen molar-refractivity contribution < 1.29 is 14.7 Å². The van der Waals surface area contributed by atoms with Gasteiger partial charge in [-0.3, -0.25) is 9.59 Å². The third-order valence-corrected chi connectivity index (χ3v) is 3.70. The lowest BCUT2D eigenvalue weighted by Gasteiger charge is -2.32. The van der Waals surface area contributed by atoms with E-state index in [1.807, 2.05) is 18.7 Å². The van der Waals surface area contributed by atoms with E-state index in [2.05, 4.69) is 10.3 Å². The first-order valence-corrected chi connectivity index (χ1v) is 7.22. The normalized spacial score (nSPS) is 16.0. The zero-order valence-electron chi connectivity index (χ0n) is 12.4. The quantitative estimate of drug-likeness (QED) is 0.886. The minimum Gasteiger partial charge on any atom is -0.504 e. The highest BCUT2D eigenvalue weighted by Crippen LogP contribution is 2.23. The summed E-state index contributed by atoms with van der Waals surface area (Å²) in [6.07, 6.45) is 2.79. The smallest absolute Gasteiger partial charge is 0.228 e. The Kier molecular flexibility index (Phi) is 4.77. The molecule has 21 heavy (non-hydrogen) atoms. The van der Waals surface area contributed by atoms with Gasteiger partial charge in [-0.25, -0.2) is 4.98 Å². The first-order chi connectivity index (χ1) is 9.99. The minimum absolute atomic E-state index is 0.0131. The highest BCUT2D eigenvalue weighted by Gasteiger charge is 2.28. The Morgan fingerprint density at radius 1 is 1.38 bits per heavy atom. The molecule has 0 unspecified atom stereocenters. The average molecular weight is 291 g/mol. The van der Waals surface area contributed by atoms with Crippen molar-refractivity contribution in [3.8, 4) is 5.75 Å². The summed E-state index contributed by atoms with van der Waals surface area (Å²) >= 11 is 0. The first kappa shape index (κ1) is 15.3. The predicted molar refractivity (Wildman–Crippen MR) is 78.7 cm³/mol. The maximum atomic E-state index is 12.2. The van der Waals surface area contributed by atoms with Crippen LogP contribution in [-0.4, -0.2) is 39.9 Å². The van der Waals surface area contributed by atoms with Crippen molar-refractivity contribution in [1.82, 2.24) is 9.88 Å². The minimum atomic E-state index is -0.152. The van der Waals surface area contributed by atoms with Gasteiger partial charge in [0.2, 0.25) is 11.8 Å². The summed E-state index contributed by atoms with van der Waals surface area (Å²) in [6.45, 7) is 4.96. The maximum Gasteiger partial charge on any atom is 0.228 e. The van der Waals surface area contributed by atoms with Crippen molar-refractivity contribution in [3.05, 3.63) is 18.3 Å². The van der Waals surface area contributed by atoms with Crippen LogP contribution in [0.15, 0.2) is 18.3 Å². The molecule has 6 heteroatoms. The lowest BCUT2D eigenvalue weighted by Crippen LogP contribution is -2.43. The zero-order chi connectivity index (χ0) is 15.4. The van der Waals surface area contributed by atoms with Crippen molar-refractivity contribution in [1.29, 1.82) is 0 Å². The van der Waals surface area contributed by atoms with Gasteiger partial charge in [-0.2, -0.15) is 0 Å². The number of hydrogen-bond acceptors (Lipinski definition) is 4. The second kappa shape index (κ2) is 6.56. The second-order valence-electron chi connectivity index (χ2n) is 5.61. The van der Waals surface area contributed by atoms with Crippen LogP contribution in [0.25, 0.3) is 0 Å². The average Bonchev–Trinajstić information content (AvgIpc) is 2.49. The number of pyridine rings is 1. The molecule has 2 heterocycles. The molecule has 0 aromatic carbocycles. The Balaban J connectivity index is 1.89. The second-order valence-corrected chi connectivity index (χ2v) is 5.61. The topological polar surface area (TPSA) is 82.5 Å². The van der Waals surface area contributed by atoms with E-state index >= 15 is 0 Å². The Bertz CT molecular complexity index is 523. The highest BCUT2D eigenvalue weighted by atomic mass is 16.3. The first-order valence-electron chi connectivity index (χ1n) is 7.22. The molecule has 0 saturated carbocycles. The van der Waals surface area contributed by atoms with Crippen molar-refractivity contribution in [3.63, 3.8) is 0 Å². The Morgan fingerprint density at radius 3 is 2.62 bits per heavy atom. The molecule has 1 saturated heterocycles. The Labute approximate surface area is 124 Å². The van der Waals surface area contributed by atoms with E-state index in [4.69, 9.17) is 0 Å². The number of carbonyl (C=O) groups is 2. The highest BCUT2D eigenvalue weighted by molar-refractivity contribution is 5.93. The number of piperidine rings is 1. The van der Waals surface area contributed by atoms with Crippen LogP contribution in [0.2, 0.25) is 0 Å². The molecule has 1 aliphatic heterocycles. The number of anilines is 1. The van der Waals surface area contributed by atoms with Crippen molar-refractivity contribution in [2.45, 2.75) is 26.7 Å². The molecule has 2 amide bonds. The van der Waals surface area contributed by atoms with Crippen molar-refractivity contribution >= 4 is 17.6 Å². The standard InChI is InChI=1S/C15H21N3O3/c1-10(2)15(21)18-8-5-11(6-9-18)14(20)17-13-12(19)4-3-7-16-13/h3-4,7,10-11,19H,5-6,8-9H2,1-2H3,(H,16,17,20). The molecule has 1 fully saturated rings. The van der Waals surface area contributed by atoms with Gasteiger partial charge in [0, 0.05) is 31.1 Å². The van der Waals surface area contributed by atoms with Crippen molar-refractivity contribution in [2.24, 2.45) is 11.8 Å². The van der Waals surface area contributed by atoms with Gasteiger partial charge in [-0.1, -0.05) is 13.8 Å². The van der Waals surface area contributed by atoms with E-state index in [1.54, 1.807) is 6.07 Å². The molecule has 1 aromatic rings. The molecule has 1 aromatic heterocycles. The molecule has 2 N–H and O–H groups in total. The van der Waals surface area contributed by atoms with Crippen molar-refractivity contribution in [2.75, 3.05) is 18.4 Å². The number of carbonyl (C=O) groups excluding carboxylic acids is 2. The number of likely N-dealkylation sites (tertiary alicyclic amines) is 1. The molecule has 6 nitrogen and oxygen atoms in total. The lowest BCUT2D eigenvalue weighted by atomic mass is 9.95. The SMILES string of the molecule is CC(C)C(=O)N1CCC(C(=O)Nc2ncccc2O)CC1. The number of aromatic hydroxyl groups is 1. The van der Waals surface area contributed by atoms with Crippen LogP contribution in [0, 0.1) is 11.8 Å². The summed E-state index contributed by atoms with van der Waals surface area (Å²) in [7, 11) is 0. The van der Waals surface area contributed by atoms with Crippen LogP contribution in [0.4, 0.5) is 5.82 Å². The number of rotatable bonds is 3. The Morgan fingerprint density at radius 2 is 2.05 bits per heavy atom. The summed E-state index contributed by atoms with van der Waals surface area (Å²) in [5.74, 6) is -0.0400. The van der Waals surface area contributed by atoms with Crippen LogP contribution >= 0.6 is 0 Å². The molecule has 0 atom stereocenters. The maximum absolute atomic E-state index is 12.2. The van der Waals surface area contributed by atoms with Crippen LogP contribution < -0.4 is 5.32 Å². The van der Waals surface area contributed by atoms with E-state index in [9.17, 15) is 14.7 Å². The molecule has 0 aliphatic carbocycles. The number of amides is 2. The number of nitrogens with one attached hydrogen (secondary N) is 1. The number of nitrogens with zero attached hydrogens (tertiary/aromatic N) is 2. The molecular formula is C15H21N3O3. The molecule has 0 radical (unpaired) electrons.